The van der Waals surface area contributed by atoms with Crippen LogP contribution < -0.4 is 0 Å². The summed E-state index contributed by atoms with van der Waals surface area (Å²) in [5.74, 6) is -0.368. The number of nitrogens with zero attached hydrogens (tertiary/aromatic N) is 1. The van der Waals surface area contributed by atoms with E-state index >= 15 is 0 Å². The highest BCUT2D eigenvalue weighted by Crippen LogP contribution is 2.26. The van der Waals surface area contributed by atoms with Crippen molar-refractivity contribution < 1.29 is 9.18 Å². The van der Waals surface area contributed by atoms with E-state index in [0.717, 1.165) is 17.4 Å². The van der Waals surface area contributed by atoms with Crippen LogP contribution in [0.3, 0.4) is 0 Å². The maximum absolute atomic E-state index is 13.3. The Morgan fingerprint density at radius 3 is 2.67 bits per heavy atom. The van der Waals surface area contributed by atoms with Crippen molar-refractivity contribution in [3.63, 3.8) is 0 Å². The van der Waals surface area contributed by atoms with Crippen LogP contribution in [-0.4, -0.2) is 10.9 Å². The lowest BCUT2D eigenvalue weighted by atomic mass is 10.2. The van der Waals surface area contributed by atoms with Crippen LogP contribution in [-0.2, 0) is 6.54 Å². The molecule has 0 radical (unpaired) electrons. The highest BCUT2D eigenvalue weighted by Gasteiger charge is 2.10. The van der Waals surface area contributed by atoms with Crippen LogP contribution in [0, 0.1) is 5.82 Å². The number of halogens is 3. The van der Waals surface area contributed by atoms with E-state index in [1.54, 1.807) is 24.4 Å². The molecule has 0 saturated carbocycles. The lowest BCUT2D eigenvalue weighted by Gasteiger charge is -2.08. The molecule has 0 atom stereocenters. The molecule has 3 aromatic rings. The largest absolute Gasteiger partial charge is 0.342 e. The monoisotopic (exact) mass is 321 g/mol. The quantitative estimate of drug-likeness (QED) is 0.626. The fraction of sp³-hybridized carbons (Fsp3) is 0.0625. The molecule has 21 heavy (non-hydrogen) atoms. The second-order valence-electron chi connectivity index (χ2n) is 4.73. The van der Waals surface area contributed by atoms with Crippen molar-refractivity contribution in [2.75, 3.05) is 0 Å². The third-order valence-electron chi connectivity index (χ3n) is 3.36. The molecule has 5 heteroatoms. The molecule has 0 saturated heterocycles. The van der Waals surface area contributed by atoms with Gasteiger partial charge in [-0.15, -0.1) is 0 Å². The Morgan fingerprint density at radius 2 is 1.95 bits per heavy atom. The van der Waals surface area contributed by atoms with Gasteiger partial charge in [-0.25, -0.2) is 4.39 Å². The first-order valence-electron chi connectivity index (χ1n) is 6.26. The van der Waals surface area contributed by atoms with Crippen LogP contribution >= 0.6 is 23.2 Å². The number of hydrogen-bond acceptors (Lipinski definition) is 1. The van der Waals surface area contributed by atoms with Gasteiger partial charge >= 0.3 is 0 Å². The zero-order valence-electron chi connectivity index (χ0n) is 10.8. The number of benzene rings is 2. The van der Waals surface area contributed by atoms with Crippen molar-refractivity contribution in [1.29, 1.82) is 0 Å². The minimum absolute atomic E-state index is 0.368. The third-order valence-corrected chi connectivity index (χ3v) is 3.94. The number of fused-ring (bicyclic) bond motifs is 1. The van der Waals surface area contributed by atoms with E-state index in [-0.39, 0.29) is 5.82 Å². The fourth-order valence-corrected chi connectivity index (χ4v) is 2.82. The zero-order valence-corrected chi connectivity index (χ0v) is 12.3. The van der Waals surface area contributed by atoms with Gasteiger partial charge in [0.1, 0.15) is 5.82 Å². The molecule has 0 fully saturated rings. The van der Waals surface area contributed by atoms with Gasteiger partial charge in [0.05, 0.1) is 0 Å². The molecule has 0 spiro atoms. The lowest BCUT2D eigenvalue weighted by Crippen LogP contribution is -1.98. The third kappa shape index (κ3) is 2.67. The first-order valence-corrected chi connectivity index (χ1v) is 7.01. The molecule has 3 rings (SSSR count). The number of carbonyl (C=O) groups excluding carboxylic acids is 1. The SMILES string of the molecule is O=Cc1cn(Cc2ccc(Cl)cc2Cl)c2ccc(F)cc12. The van der Waals surface area contributed by atoms with E-state index in [9.17, 15) is 9.18 Å². The maximum atomic E-state index is 13.3. The minimum atomic E-state index is -0.368. The van der Waals surface area contributed by atoms with E-state index in [1.165, 1.54) is 12.1 Å². The Bertz CT molecular complexity index is 842. The van der Waals surface area contributed by atoms with E-state index in [2.05, 4.69) is 0 Å². The Morgan fingerprint density at radius 1 is 1.14 bits per heavy atom. The van der Waals surface area contributed by atoms with Gasteiger partial charge in [0, 0.05) is 39.3 Å². The van der Waals surface area contributed by atoms with E-state index < -0.39 is 0 Å². The van der Waals surface area contributed by atoms with Gasteiger partial charge in [-0.2, -0.15) is 0 Å². The van der Waals surface area contributed by atoms with Crippen LogP contribution in [0.15, 0.2) is 42.6 Å². The Labute approximate surface area is 130 Å². The summed E-state index contributed by atoms with van der Waals surface area (Å²) < 4.78 is 15.2. The smallest absolute Gasteiger partial charge is 0.152 e. The fourth-order valence-electron chi connectivity index (χ4n) is 2.36. The second kappa shape index (κ2) is 5.51. The summed E-state index contributed by atoms with van der Waals surface area (Å²) in [5, 5.41) is 1.71. The predicted octanol–water partition coefficient (Wildman–Crippen LogP) is 4.95. The molecule has 106 valence electrons. The van der Waals surface area contributed by atoms with E-state index in [1.807, 2.05) is 10.6 Å². The highest BCUT2D eigenvalue weighted by atomic mass is 35.5. The lowest BCUT2D eigenvalue weighted by molar-refractivity contribution is 0.112. The Kier molecular flexibility index (Phi) is 3.70. The van der Waals surface area contributed by atoms with Gasteiger partial charge in [0.2, 0.25) is 0 Å². The Hall–Kier alpha value is -1.84. The molecule has 0 aliphatic heterocycles. The summed E-state index contributed by atoms with van der Waals surface area (Å²) in [6, 6.07) is 9.65. The van der Waals surface area contributed by atoms with Crippen LogP contribution in [0.2, 0.25) is 10.0 Å². The highest BCUT2D eigenvalue weighted by molar-refractivity contribution is 6.35. The summed E-state index contributed by atoms with van der Waals surface area (Å²) >= 11 is 12.0. The zero-order chi connectivity index (χ0) is 15.0. The van der Waals surface area contributed by atoms with Gasteiger partial charge in [0.15, 0.2) is 6.29 Å². The first-order chi connectivity index (χ1) is 10.1. The molecule has 2 aromatic carbocycles. The van der Waals surface area contributed by atoms with Crippen molar-refractivity contribution in [2.24, 2.45) is 0 Å². The normalized spacial score (nSPS) is 11.0. The second-order valence-corrected chi connectivity index (χ2v) is 5.57. The molecule has 0 bridgehead atoms. The summed E-state index contributed by atoms with van der Waals surface area (Å²) in [7, 11) is 0. The van der Waals surface area contributed by atoms with Crippen molar-refractivity contribution in [3.8, 4) is 0 Å². The summed E-state index contributed by atoms with van der Waals surface area (Å²) in [4.78, 5) is 11.1. The average molecular weight is 322 g/mol. The Balaban J connectivity index is 2.10. The summed E-state index contributed by atoms with van der Waals surface area (Å²) in [5.41, 5.74) is 2.11. The van der Waals surface area contributed by atoms with E-state index in [4.69, 9.17) is 23.2 Å². The van der Waals surface area contributed by atoms with Gasteiger partial charge in [-0.05, 0) is 35.9 Å². The van der Waals surface area contributed by atoms with Gasteiger partial charge in [0.25, 0.3) is 0 Å². The van der Waals surface area contributed by atoms with Crippen LogP contribution in [0.5, 0.6) is 0 Å². The van der Waals surface area contributed by atoms with Crippen molar-refractivity contribution in [1.82, 2.24) is 4.57 Å². The number of carbonyl (C=O) groups is 1. The van der Waals surface area contributed by atoms with Crippen LogP contribution in [0.4, 0.5) is 4.39 Å². The number of aromatic nitrogens is 1. The average Bonchev–Trinajstić information content (AvgIpc) is 2.79. The number of hydrogen-bond donors (Lipinski definition) is 0. The molecule has 0 aliphatic rings. The van der Waals surface area contributed by atoms with Gasteiger partial charge in [-0.1, -0.05) is 29.3 Å². The van der Waals surface area contributed by atoms with Crippen LogP contribution in [0.25, 0.3) is 10.9 Å². The van der Waals surface area contributed by atoms with Crippen molar-refractivity contribution >= 4 is 40.4 Å². The minimum Gasteiger partial charge on any atom is -0.342 e. The summed E-state index contributed by atoms with van der Waals surface area (Å²) in [6.07, 6.45) is 2.42. The van der Waals surface area contributed by atoms with Crippen molar-refractivity contribution in [2.45, 2.75) is 6.54 Å². The number of rotatable bonds is 3. The molecule has 0 unspecified atom stereocenters. The molecule has 1 aromatic heterocycles. The molecule has 0 N–H and O–H groups in total. The topological polar surface area (TPSA) is 22.0 Å². The molecule has 1 heterocycles. The molecule has 2 nitrogen and oxygen atoms in total. The number of aldehydes is 1. The molecular formula is C16H10Cl2FNO. The molecule has 0 aliphatic carbocycles. The first kappa shape index (κ1) is 14.1. The molecule has 0 amide bonds. The van der Waals surface area contributed by atoms with Crippen molar-refractivity contribution in [3.05, 3.63) is 69.6 Å². The molecular weight excluding hydrogens is 312 g/mol. The van der Waals surface area contributed by atoms with E-state index in [0.29, 0.717) is 27.5 Å². The summed E-state index contributed by atoms with van der Waals surface area (Å²) in [6.45, 7) is 0.478. The van der Waals surface area contributed by atoms with Gasteiger partial charge in [-0.3, -0.25) is 4.79 Å². The van der Waals surface area contributed by atoms with Gasteiger partial charge < -0.3 is 4.57 Å². The predicted molar refractivity (Wildman–Crippen MR) is 82.8 cm³/mol. The maximum Gasteiger partial charge on any atom is 0.152 e. The van der Waals surface area contributed by atoms with Crippen LogP contribution in [0.1, 0.15) is 15.9 Å². The standard InChI is InChI=1S/C16H10Cl2FNO/c17-12-2-1-10(15(18)5-12)7-20-8-11(9-21)14-6-13(19)3-4-16(14)20/h1-6,8-9H,7H2.